The number of benzene rings is 1. The van der Waals surface area contributed by atoms with Crippen molar-refractivity contribution >= 4 is 15.9 Å². The first kappa shape index (κ1) is 11.9. The molecule has 0 aliphatic heterocycles. The van der Waals surface area contributed by atoms with Crippen LogP contribution in [0.4, 0.5) is 8.78 Å². The lowest BCUT2D eigenvalue weighted by Crippen LogP contribution is -2.15. The van der Waals surface area contributed by atoms with Crippen molar-refractivity contribution in [3.63, 3.8) is 0 Å². The molecule has 1 aromatic heterocycles. The number of hydrogen-bond acceptors (Lipinski definition) is 2. The number of rotatable bonds is 1. The van der Waals surface area contributed by atoms with Crippen LogP contribution in [0.25, 0.3) is 11.4 Å². The van der Waals surface area contributed by atoms with Crippen LogP contribution in [0.2, 0.25) is 0 Å². The van der Waals surface area contributed by atoms with Gasteiger partial charge in [-0.2, -0.15) is 4.39 Å². The van der Waals surface area contributed by atoms with Crippen molar-refractivity contribution in [3.8, 4) is 11.4 Å². The van der Waals surface area contributed by atoms with Gasteiger partial charge in [0.2, 0.25) is 5.82 Å². The molecule has 0 saturated carbocycles. The first-order valence-corrected chi connectivity index (χ1v) is 5.50. The maximum atomic E-state index is 13.1. The van der Waals surface area contributed by atoms with Crippen LogP contribution >= 0.6 is 15.9 Å². The molecule has 0 atom stereocenters. The molecular formula is C11H7BrF2N2O. The lowest BCUT2D eigenvalue weighted by atomic mass is 10.2. The predicted molar refractivity (Wildman–Crippen MR) is 62.6 cm³/mol. The minimum Gasteiger partial charge on any atom is -0.304 e. The fourth-order valence-corrected chi connectivity index (χ4v) is 1.73. The fraction of sp³-hybridized carbons (Fsp3) is 0.0909. The van der Waals surface area contributed by atoms with E-state index < -0.39 is 17.2 Å². The predicted octanol–water partition coefficient (Wildman–Crippen LogP) is 2.79. The Bertz CT molecular complexity index is 640. The van der Waals surface area contributed by atoms with E-state index in [-0.39, 0.29) is 16.0 Å². The maximum absolute atomic E-state index is 13.1. The van der Waals surface area contributed by atoms with E-state index in [9.17, 15) is 13.6 Å². The molecule has 2 rings (SSSR count). The maximum Gasteiger partial charge on any atom is 0.287 e. The third-order valence-corrected chi connectivity index (χ3v) is 2.83. The number of nitrogens with zero attached hydrogens (tertiary/aromatic N) is 1. The normalized spacial score (nSPS) is 10.6. The van der Waals surface area contributed by atoms with E-state index in [4.69, 9.17) is 0 Å². The lowest BCUT2D eigenvalue weighted by molar-refractivity contribution is 0.589. The summed E-state index contributed by atoms with van der Waals surface area (Å²) < 4.78 is 26.4. The zero-order chi connectivity index (χ0) is 12.6. The molecule has 88 valence electrons. The molecule has 0 aliphatic carbocycles. The van der Waals surface area contributed by atoms with Gasteiger partial charge in [0.1, 0.15) is 11.6 Å². The quantitative estimate of drug-likeness (QED) is 0.880. The van der Waals surface area contributed by atoms with Gasteiger partial charge >= 0.3 is 0 Å². The smallest absolute Gasteiger partial charge is 0.287 e. The molecule has 0 saturated heterocycles. The van der Waals surface area contributed by atoms with Gasteiger partial charge < -0.3 is 4.98 Å². The highest BCUT2D eigenvalue weighted by molar-refractivity contribution is 9.10. The molecule has 0 bridgehead atoms. The molecule has 0 unspecified atom stereocenters. The Hall–Kier alpha value is -1.56. The average Bonchev–Trinajstić information content (AvgIpc) is 2.29. The number of halogens is 3. The van der Waals surface area contributed by atoms with Gasteiger partial charge in [0.25, 0.3) is 5.56 Å². The third kappa shape index (κ3) is 2.26. The number of H-pyrrole nitrogens is 1. The molecule has 1 N–H and O–H groups in total. The van der Waals surface area contributed by atoms with Crippen LogP contribution in [0.5, 0.6) is 0 Å². The van der Waals surface area contributed by atoms with Crippen molar-refractivity contribution < 1.29 is 8.78 Å². The van der Waals surface area contributed by atoms with E-state index in [1.165, 1.54) is 25.1 Å². The second-order valence-corrected chi connectivity index (χ2v) is 4.30. The van der Waals surface area contributed by atoms with Gasteiger partial charge in [-0.05, 0) is 41.1 Å². The topological polar surface area (TPSA) is 45.8 Å². The monoisotopic (exact) mass is 300 g/mol. The highest BCUT2D eigenvalue weighted by Gasteiger charge is 2.09. The first-order chi connectivity index (χ1) is 7.99. The van der Waals surface area contributed by atoms with Crippen LogP contribution in [0.1, 0.15) is 5.69 Å². The van der Waals surface area contributed by atoms with Gasteiger partial charge in [0, 0.05) is 5.56 Å². The Balaban J connectivity index is 2.61. The van der Waals surface area contributed by atoms with Crippen LogP contribution in [-0.2, 0) is 0 Å². The lowest BCUT2D eigenvalue weighted by Gasteiger charge is -2.03. The molecule has 0 radical (unpaired) electrons. The van der Waals surface area contributed by atoms with Crippen LogP contribution < -0.4 is 5.56 Å². The minimum atomic E-state index is -0.907. The Kier molecular flexibility index (Phi) is 3.06. The van der Waals surface area contributed by atoms with E-state index >= 15 is 0 Å². The van der Waals surface area contributed by atoms with Gasteiger partial charge in [-0.25, -0.2) is 9.37 Å². The molecule has 0 aliphatic rings. The Labute approximate surface area is 104 Å². The van der Waals surface area contributed by atoms with Crippen molar-refractivity contribution in [1.29, 1.82) is 0 Å². The summed E-state index contributed by atoms with van der Waals surface area (Å²) in [6.07, 6.45) is 0. The van der Waals surface area contributed by atoms with Crippen LogP contribution in [-0.4, -0.2) is 9.97 Å². The zero-order valence-corrected chi connectivity index (χ0v) is 10.3. The summed E-state index contributed by atoms with van der Waals surface area (Å²) in [5.41, 5.74) is -0.337. The number of aromatic nitrogens is 2. The van der Waals surface area contributed by atoms with E-state index in [2.05, 4.69) is 25.9 Å². The molecule has 0 spiro atoms. The summed E-state index contributed by atoms with van der Waals surface area (Å²) in [5.74, 6) is -1.13. The molecule has 0 fully saturated rings. The summed E-state index contributed by atoms with van der Waals surface area (Å²) in [5, 5.41) is 0. The Morgan fingerprint density at radius 3 is 2.65 bits per heavy atom. The van der Waals surface area contributed by atoms with Gasteiger partial charge in [-0.3, -0.25) is 4.79 Å². The standard InChI is InChI=1S/C11H7BrF2N2O/c1-5-9(14)11(17)16-10(15-5)6-2-3-8(13)7(12)4-6/h2-4H,1H3,(H,15,16,17). The van der Waals surface area contributed by atoms with Crippen molar-refractivity contribution in [2.24, 2.45) is 0 Å². The number of nitrogens with one attached hydrogen (secondary N) is 1. The molecule has 6 heteroatoms. The highest BCUT2D eigenvalue weighted by atomic mass is 79.9. The van der Waals surface area contributed by atoms with Crippen molar-refractivity contribution in [1.82, 2.24) is 9.97 Å². The molecule has 17 heavy (non-hydrogen) atoms. The summed E-state index contributed by atoms with van der Waals surface area (Å²) in [6.45, 7) is 1.40. The van der Waals surface area contributed by atoms with Crippen LogP contribution in [0.15, 0.2) is 27.5 Å². The zero-order valence-electron chi connectivity index (χ0n) is 8.72. The van der Waals surface area contributed by atoms with Crippen LogP contribution in [0, 0.1) is 18.6 Å². The van der Waals surface area contributed by atoms with Crippen molar-refractivity contribution in [3.05, 3.63) is 50.4 Å². The Morgan fingerprint density at radius 1 is 1.35 bits per heavy atom. The summed E-state index contributed by atoms with van der Waals surface area (Å²) >= 11 is 3.03. The van der Waals surface area contributed by atoms with E-state index in [0.717, 1.165) is 0 Å². The largest absolute Gasteiger partial charge is 0.304 e. The van der Waals surface area contributed by atoms with Gasteiger partial charge in [-0.1, -0.05) is 0 Å². The van der Waals surface area contributed by atoms with Crippen LogP contribution in [0.3, 0.4) is 0 Å². The second-order valence-electron chi connectivity index (χ2n) is 3.44. The minimum absolute atomic E-state index is 0.00389. The molecular weight excluding hydrogens is 294 g/mol. The van der Waals surface area contributed by atoms with E-state index in [0.29, 0.717) is 5.56 Å². The van der Waals surface area contributed by atoms with Gasteiger partial charge in [-0.15, -0.1) is 0 Å². The SMILES string of the molecule is Cc1nc(-c2ccc(F)c(Br)c2)[nH]c(=O)c1F. The second kappa shape index (κ2) is 4.37. The molecule has 2 aromatic rings. The average molecular weight is 301 g/mol. The summed E-state index contributed by atoms with van der Waals surface area (Å²) in [7, 11) is 0. The number of aromatic amines is 1. The van der Waals surface area contributed by atoms with E-state index in [1.54, 1.807) is 0 Å². The van der Waals surface area contributed by atoms with Gasteiger partial charge in [0.05, 0.1) is 10.2 Å². The molecule has 3 nitrogen and oxygen atoms in total. The first-order valence-electron chi connectivity index (χ1n) is 4.71. The molecule has 0 amide bonds. The number of aryl methyl sites for hydroxylation is 1. The Morgan fingerprint density at radius 2 is 2.06 bits per heavy atom. The third-order valence-electron chi connectivity index (χ3n) is 2.22. The molecule has 1 aromatic carbocycles. The van der Waals surface area contributed by atoms with Crippen molar-refractivity contribution in [2.45, 2.75) is 6.92 Å². The summed E-state index contributed by atoms with van der Waals surface area (Å²) in [4.78, 5) is 17.4. The number of hydrogen-bond donors (Lipinski definition) is 1. The fourth-order valence-electron chi connectivity index (χ4n) is 1.35. The summed E-state index contributed by atoms with van der Waals surface area (Å²) in [6, 6.07) is 4.15. The van der Waals surface area contributed by atoms with E-state index in [1.807, 2.05) is 0 Å². The molecule has 1 heterocycles. The highest BCUT2D eigenvalue weighted by Crippen LogP contribution is 2.22. The van der Waals surface area contributed by atoms with Crippen molar-refractivity contribution in [2.75, 3.05) is 0 Å². The van der Waals surface area contributed by atoms with Gasteiger partial charge in [0.15, 0.2) is 0 Å².